The van der Waals surface area contributed by atoms with Gasteiger partial charge in [-0.1, -0.05) is 38.1 Å². The summed E-state index contributed by atoms with van der Waals surface area (Å²) in [4.78, 5) is 20.8. The molecule has 0 radical (unpaired) electrons. The van der Waals surface area contributed by atoms with Gasteiger partial charge in [0.2, 0.25) is 0 Å². The number of likely N-dealkylation sites (N-methyl/N-ethyl adjacent to an activating group) is 2. The van der Waals surface area contributed by atoms with Gasteiger partial charge in [-0.05, 0) is 117 Å². The second kappa shape index (κ2) is 25.0. The highest BCUT2D eigenvalue weighted by Crippen LogP contribution is 2.46. The van der Waals surface area contributed by atoms with Crippen LogP contribution in [0.2, 0.25) is 0 Å². The monoisotopic (exact) mass is 1090 g/mol. The summed E-state index contributed by atoms with van der Waals surface area (Å²) in [7, 11) is 6.79. The predicted molar refractivity (Wildman–Crippen MR) is 285 cm³/mol. The Morgan fingerprint density at radius 1 is 0.948 bits per heavy atom. The lowest BCUT2D eigenvalue weighted by Gasteiger charge is -2.49. The molecule has 0 amide bonds. The minimum absolute atomic E-state index is 0.0861. The lowest BCUT2D eigenvalue weighted by molar-refractivity contribution is -0.318. The molecular formula is C56H94FN7O13. The standard InChI is InChI=1S/C56H94FN7O13/c1-15-43-56(10,70)49(66)34(6)62(12)26-30(2)23-54(8,69)51(32(4)47(33(5)52(68)75-43)76-44-24-55(9,72-14)50(67)35(7)74-44)77-53-46(65)41(22-31(3)73-53)61(11)21-20-37-27-64(60-59-37)42(25-57)48(71-13)36-16-18-38(19-17-36)63-28-39-40(29-63)45(39)58/h16-19,27,30-35,39-51,53,65-67,69-70H,15,20-26,28-29,58H2,1-14H3/t30-,31-,32+,33-,34-,35+,39-,40+,41+,42-,43-,44+,45+,46-,47+,48-,49-,50+,51-,53+,54-,55-,56-/m1/s1. The van der Waals surface area contributed by atoms with Crippen LogP contribution in [0.25, 0.3) is 0 Å². The quantitative estimate of drug-likeness (QED) is 0.132. The van der Waals surface area contributed by atoms with Crippen molar-refractivity contribution in [1.29, 1.82) is 0 Å². The molecule has 0 unspecified atom stereocenters. The predicted octanol–water partition coefficient (Wildman–Crippen LogP) is 3.40. The van der Waals surface area contributed by atoms with Crippen molar-refractivity contribution in [1.82, 2.24) is 24.8 Å². The highest BCUT2D eigenvalue weighted by atomic mass is 19.1. The molecule has 0 spiro atoms. The van der Waals surface area contributed by atoms with Crippen LogP contribution in [0.15, 0.2) is 30.5 Å². The number of cyclic esters (lactones) is 1. The first-order chi connectivity index (χ1) is 36.2. The number of carbonyl (C=O) groups excluding carboxylic acids is 1. The number of benzene rings is 1. The molecule has 1 saturated carbocycles. The Kier molecular flexibility index (Phi) is 20.0. The van der Waals surface area contributed by atoms with E-state index in [-0.39, 0.29) is 25.2 Å². The Labute approximate surface area is 455 Å². The molecule has 7 N–H and O–H groups in total. The number of methoxy groups -OCH3 is 2. The normalized spacial score (nSPS) is 42.6. The maximum Gasteiger partial charge on any atom is 0.311 e. The molecule has 5 fully saturated rings. The van der Waals surface area contributed by atoms with Gasteiger partial charge >= 0.3 is 5.97 Å². The molecule has 4 saturated heterocycles. The minimum atomic E-state index is -1.85. The second-order valence-electron chi connectivity index (χ2n) is 24.4. The fraction of sp³-hybridized carbons (Fsp3) is 0.839. The van der Waals surface area contributed by atoms with E-state index in [4.69, 9.17) is 38.9 Å². The molecule has 5 heterocycles. The number of alkyl halides is 1. The summed E-state index contributed by atoms with van der Waals surface area (Å²) in [5.74, 6) is -1.76. The van der Waals surface area contributed by atoms with Crippen molar-refractivity contribution >= 4 is 11.7 Å². The van der Waals surface area contributed by atoms with Gasteiger partial charge in [-0.25, -0.2) is 9.07 Å². The van der Waals surface area contributed by atoms with Crippen LogP contribution in [0, 0.1) is 29.6 Å². The minimum Gasteiger partial charge on any atom is -0.459 e. The van der Waals surface area contributed by atoms with E-state index < -0.39 is 127 Å². The molecule has 7 rings (SSSR count). The first-order valence-electron chi connectivity index (χ1n) is 28.1. The highest BCUT2D eigenvalue weighted by Gasteiger charge is 2.55. The van der Waals surface area contributed by atoms with Gasteiger partial charge in [0.15, 0.2) is 12.6 Å². The van der Waals surface area contributed by atoms with Gasteiger partial charge in [0, 0.05) is 89.2 Å². The first-order valence-corrected chi connectivity index (χ1v) is 28.1. The molecule has 4 aliphatic heterocycles. The smallest absolute Gasteiger partial charge is 0.311 e. The van der Waals surface area contributed by atoms with Crippen LogP contribution < -0.4 is 10.6 Å². The van der Waals surface area contributed by atoms with Gasteiger partial charge in [0.25, 0.3) is 0 Å². The van der Waals surface area contributed by atoms with Crippen LogP contribution in [0.3, 0.4) is 0 Å². The molecule has 23 atom stereocenters. The van der Waals surface area contributed by atoms with Gasteiger partial charge in [-0.15, -0.1) is 5.10 Å². The van der Waals surface area contributed by atoms with Crippen molar-refractivity contribution in [3.05, 3.63) is 41.7 Å². The zero-order valence-corrected chi connectivity index (χ0v) is 48.1. The lowest BCUT2D eigenvalue weighted by Crippen LogP contribution is -2.61. The molecule has 438 valence electrons. The average molecular weight is 1090 g/mol. The van der Waals surface area contributed by atoms with E-state index >= 15 is 0 Å². The first kappa shape index (κ1) is 61.6. The summed E-state index contributed by atoms with van der Waals surface area (Å²) in [6.45, 7) is 19.5. The average Bonchev–Trinajstić information content (AvgIpc) is 3.77. The number of aliphatic hydroxyl groups is 5. The van der Waals surface area contributed by atoms with Crippen LogP contribution in [0.5, 0.6) is 0 Å². The largest absolute Gasteiger partial charge is 0.459 e. The summed E-state index contributed by atoms with van der Waals surface area (Å²) in [6.07, 6.45) is -7.89. The molecule has 1 aliphatic carbocycles. The van der Waals surface area contributed by atoms with Crippen molar-refractivity contribution in [3.8, 4) is 0 Å². The lowest BCUT2D eigenvalue weighted by atomic mass is 9.77. The van der Waals surface area contributed by atoms with Crippen LogP contribution >= 0.6 is 0 Å². The van der Waals surface area contributed by atoms with E-state index in [9.17, 15) is 34.7 Å². The Hall–Kier alpha value is -3.00. The number of fused-ring (bicyclic) bond motifs is 1. The SMILES string of the molecule is CC[C@H]1OC(=O)[C@H](C)[C@@H](O[C@H]2C[C@@](C)(OC)[C@@H](O)[C@H](C)O2)[C@H](C)[C@@H](O[C@@H]2O[C@H](C)C[C@H](N(C)CCc3cn([C@H](CF)[C@H](OC)c4ccc(N5C[C@@H]6[C@@H](N)[C@@H]6C5)cc4)nn3)[C@H]2O)[C@](C)(O)C[C@@H](C)CN(C)[C@H](C)[C@@H](O)[C@]1(C)O. The number of nitrogens with zero attached hydrogens (tertiary/aromatic N) is 6. The Balaban J connectivity index is 1.11. The van der Waals surface area contributed by atoms with Gasteiger partial charge in [-0.3, -0.25) is 4.79 Å². The molecule has 21 heteroatoms. The molecule has 77 heavy (non-hydrogen) atoms. The molecule has 2 aromatic rings. The van der Waals surface area contributed by atoms with E-state index in [2.05, 4.69) is 27.3 Å². The number of hydrogen-bond donors (Lipinski definition) is 6. The second-order valence-corrected chi connectivity index (χ2v) is 24.4. The van der Waals surface area contributed by atoms with E-state index in [0.717, 1.165) is 24.3 Å². The van der Waals surface area contributed by atoms with E-state index in [1.807, 2.05) is 49.9 Å². The third-order valence-electron chi connectivity index (χ3n) is 18.3. The van der Waals surface area contributed by atoms with Crippen molar-refractivity contribution in [2.45, 2.75) is 210 Å². The maximum atomic E-state index is 15.0. The van der Waals surface area contributed by atoms with Gasteiger partial charge in [0.05, 0.1) is 47.2 Å². The van der Waals surface area contributed by atoms with Gasteiger partial charge in [0.1, 0.15) is 48.8 Å². The van der Waals surface area contributed by atoms with Crippen LogP contribution in [0.1, 0.15) is 118 Å². The summed E-state index contributed by atoms with van der Waals surface area (Å²) >= 11 is 0. The number of piperidine rings is 1. The van der Waals surface area contributed by atoms with E-state index in [0.29, 0.717) is 49.5 Å². The number of aromatic nitrogens is 3. The number of esters is 1. The number of anilines is 1. The molecular weight excluding hydrogens is 998 g/mol. The number of halogens is 1. The fourth-order valence-electron chi connectivity index (χ4n) is 13.2. The molecule has 0 bridgehead atoms. The topological polar surface area (TPSA) is 249 Å². The van der Waals surface area contributed by atoms with Crippen molar-refractivity contribution in [3.63, 3.8) is 0 Å². The van der Waals surface area contributed by atoms with Crippen LogP contribution in [-0.4, -0.2) is 214 Å². The zero-order valence-electron chi connectivity index (χ0n) is 48.1. The Bertz CT molecular complexity index is 2200. The number of rotatable bonds is 16. The zero-order chi connectivity index (χ0) is 56.6. The molecule has 20 nitrogen and oxygen atoms in total. The number of ether oxygens (including phenoxy) is 7. The van der Waals surface area contributed by atoms with E-state index in [1.54, 1.807) is 61.8 Å². The van der Waals surface area contributed by atoms with Gasteiger partial charge < -0.3 is 79.1 Å². The molecule has 1 aromatic heterocycles. The summed E-state index contributed by atoms with van der Waals surface area (Å²) in [5.41, 5.74) is 4.13. The fourth-order valence-corrected chi connectivity index (χ4v) is 13.2. The third kappa shape index (κ3) is 13.4. The summed E-state index contributed by atoms with van der Waals surface area (Å²) in [5, 5.41) is 68.7. The van der Waals surface area contributed by atoms with Crippen molar-refractivity contribution < 1.29 is 67.9 Å². The number of aliphatic hydroxyl groups excluding tert-OH is 3. The number of nitrogens with two attached hydrogens (primary N) is 1. The van der Waals surface area contributed by atoms with Crippen molar-refractivity contribution in [2.75, 3.05) is 66.1 Å². The summed E-state index contributed by atoms with van der Waals surface area (Å²) in [6, 6.07) is 6.52. The van der Waals surface area contributed by atoms with Gasteiger partial charge in [-0.2, -0.15) is 0 Å². The number of hydrogen-bond acceptors (Lipinski definition) is 19. The summed E-state index contributed by atoms with van der Waals surface area (Å²) < 4.78 is 60.8. The highest BCUT2D eigenvalue weighted by molar-refractivity contribution is 5.73. The Morgan fingerprint density at radius 2 is 1.61 bits per heavy atom. The van der Waals surface area contributed by atoms with Crippen molar-refractivity contribution in [2.24, 2.45) is 35.3 Å². The molecule has 1 aromatic carbocycles. The maximum absolute atomic E-state index is 15.0. The third-order valence-corrected chi connectivity index (χ3v) is 18.3. The van der Waals surface area contributed by atoms with Crippen LogP contribution in [0.4, 0.5) is 10.1 Å². The molecule has 5 aliphatic rings. The Morgan fingerprint density at radius 3 is 2.22 bits per heavy atom. The van der Waals surface area contributed by atoms with E-state index in [1.165, 1.54) is 18.7 Å². The number of carbonyl (C=O) groups is 1. The van der Waals surface area contributed by atoms with Crippen LogP contribution in [-0.2, 0) is 44.4 Å².